The zero-order chi connectivity index (χ0) is 20.9. The van der Waals surface area contributed by atoms with E-state index in [1.807, 2.05) is 53.1 Å². The Morgan fingerprint density at radius 1 is 1.07 bits per heavy atom. The SMILES string of the molecule is O=C(Cn1c(CNC(=O)C2CCCCC2)nc2ccccc21)Nc1cccc(Br)c1. The number of fused-ring (bicyclic) bond motifs is 1. The van der Waals surface area contributed by atoms with E-state index in [1.165, 1.54) is 6.42 Å². The molecule has 2 amide bonds. The van der Waals surface area contributed by atoms with Gasteiger partial charge in [0, 0.05) is 16.1 Å². The summed E-state index contributed by atoms with van der Waals surface area (Å²) in [4.78, 5) is 29.9. The fourth-order valence-electron chi connectivity index (χ4n) is 4.02. The number of halogens is 1. The summed E-state index contributed by atoms with van der Waals surface area (Å²) in [7, 11) is 0. The van der Waals surface area contributed by atoms with Crippen LogP contribution in [0.15, 0.2) is 53.0 Å². The number of nitrogens with one attached hydrogen (secondary N) is 2. The maximum absolute atomic E-state index is 12.7. The number of anilines is 1. The normalized spacial score (nSPS) is 14.6. The first-order valence-electron chi connectivity index (χ1n) is 10.4. The number of hydrogen-bond acceptors (Lipinski definition) is 3. The Labute approximate surface area is 184 Å². The number of carbonyl (C=O) groups excluding carboxylic acids is 2. The molecule has 1 saturated carbocycles. The summed E-state index contributed by atoms with van der Waals surface area (Å²) in [6.45, 7) is 0.440. The first-order chi connectivity index (χ1) is 14.6. The van der Waals surface area contributed by atoms with Crippen molar-refractivity contribution >= 4 is 44.5 Å². The van der Waals surface area contributed by atoms with Gasteiger partial charge in [-0.2, -0.15) is 0 Å². The summed E-state index contributed by atoms with van der Waals surface area (Å²) in [5.41, 5.74) is 2.42. The summed E-state index contributed by atoms with van der Waals surface area (Å²) in [6, 6.07) is 15.2. The number of benzene rings is 2. The smallest absolute Gasteiger partial charge is 0.244 e. The van der Waals surface area contributed by atoms with E-state index in [4.69, 9.17) is 0 Å². The van der Waals surface area contributed by atoms with Crippen LogP contribution in [0.25, 0.3) is 11.0 Å². The van der Waals surface area contributed by atoms with Gasteiger partial charge in [-0.25, -0.2) is 4.98 Å². The van der Waals surface area contributed by atoms with Gasteiger partial charge in [0.1, 0.15) is 12.4 Å². The van der Waals surface area contributed by atoms with Crippen LogP contribution < -0.4 is 10.6 Å². The van der Waals surface area contributed by atoms with Crippen molar-refractivity contribution in [2.45, 2.75) is 45.2 Å². The summed E-state index contributed by atoms with van der Waals surface area (Å²) >= 11 is 3.42. The quantitative estimate of drug-likeness (QED) is 0.553. The highest BCUT2D eigenvalue weighted by atomic mass is 79.9. The lowest BCUT2D eigenvalue weighted by molar-refractivity contribution is -0.126. The van der Waals surface area contributed by atoms with Crippen LogP contribution in [0.5, 0.6) is 0 Å². The summed E-state index contributed by atoms with van der Waals surface area (Å²) in [5.74, 6) is 0.726. The number of hydrogen-bond donors (Lipinski definition) is 2. The molecule has 30 heavy (non-hydrogen) atoms. The lowest BCUT2D eigenvalue weighted by atomic mass is 9.89. The van der Waals surface area contributed by atoms with Crippen LogP contribution in [0.2, 0.25) is 0 Å². The molecule has 156 valence electrons. The summed E-state index contributed by atoms with van der Waals surface area (Å²) < 4.78 is 2.78. The molecular weight excluding hydrogens is 444 g/mol. The molecule has 0 aliphatic heterocycles. The highest BCUT2D eigenvalue weighted by Crippen LogP contribution is 2.24. The van der Waals surface area contributed by atoms with Gasteiger partial charge in [-0.05, 0) is 43.2 Å². The fraction of sp³-hybridized carbons (Fsp3) is 0.348. The van der Waals surface area contributed by atoms with E-state index in [0.29, 0.717) is 12.4 Å². The van der Waals surface area contributed by atoms with Crippen molar-refractivity contribution in [2.24, 2.45) is 5.92 Å². The first kappa shape index (κ1) is 20.6. The number of para-hydroxylation sites is 2. The van der Waals surface area contributed by atoms with Gasteiger partial charge in [0.2, 0.25) is 11.8 Å². The molecule has 2 aromatic carbocycles. The van der Waals surface area contributed by atoms with Gasteiger partial charge in [0.25, 0.3) is 0 Å². The highest BCUT2D eigenvalue weighted by Gasteiger charge is 2.22. The van der Waals surface area contributed by atoms with Crippen LogP contribution in [0, 0.1) is 5.92 Å². The molecule has 1 aliphatic carbocycles. The standard InChI is InChI=1S/C23H25BrN4O2/c24-17-9-6-10-18(13-17)26-22(29)15-28-20-12-5-4-11-19(20)27-21(28)14-25-23(30)16-7-2-1-3-8-16/h4-6,9-13,16H,1-3,7-8,14-15H2,(H,25,30)(H,26,29). The van der Waals surface area contributed by atoms with E-state index >= 15 is 0 Å². The molecule has 0 saturated heterocycles. The monoisotopic (exact) mass is 468 g/mol. The predicted octanol–water partition coefficient (Wildman–Crippen LogP) is 4.63. The zero-order valence-corrected chi connectivity index (χ0v) is 18.3. The molecular formula is C23H25BrN4O2. The van der Waals surface area contributed by atoms with Gasteiger partial charge in [-0.3, -0.25) is 9.59 Å². The van der Waals surface area contributed by atoms with Crippen LogP contribution in [-0.4, -0.2) is 21.4 Å². The Kier molecular flexibility index (Phi) is 6.47. The lowest BCUT2D eigenvalue weighted by Crippen LogP contribution is -2.32. The van der Waals surface area contributed by atoms with Gasteiger partial charge in [0.05, 0.1) is 17.6 Å². The molecule has 0 atom stereocenters. The van der Waals surface area contributed by atoms with Crippen molar-refractivity contribution in [1.82, 2.24) is 14.9 Å². The second kappa shape index (κ2) is 9.43. The second-order valence-corrected chi connectivity index (χ2v) is 8.63. The van der Waals surface area contributed by atoms with Crippen molar-refractivity contribution in [3.05, 3.63) is 58.8 Å². The van der Waals surface area contributed by atoms with E-state index in [-0.39, 0.29) is 24.3 Å². The summed E-state index contributed by atoms with van der Waals surface area (Å²) in [6.07, 6.45) is 5.36. The second-order valence-electron chi connectivity index (χ2n) is 7.71. The topological polar surface area (TPSA) is 76.0 Å². The Morgan fingerprint density at radius 3 is 2.67 bits per heavy atom. The molecule has 0 unspecified atom stereocenters. The van der Waals surface area contributed by atoms with E-state index in [9.17, 15) is 9.59 Å². The number of imidazole rings is 1. The van der Waals surface area contributed by atoms with Gasteiger partial charge >= 0.3 is 0 Å². The van der Waals surface area contributed by atoms with Crippen molar-refractivity contribution in [3.8, 4) is 0 Å². The third kappa shape index (κ3) is 4.90. The van der Waals surface area contributed by atoms with E-state index in [0.717, 1.165) is 46.9 Å². The third-order valence-corrected chi connectivity index (χ3v) is 6.03. The molecule has 1 heterocycles. The first-order valence-corrected chi connectivity index (χ1v) is 11.2. The predicted molar refractivity (Wildman–Crippen MR) is 121 cm³/mol. The van der Waals surface area contributed by atoms with Crippen molar-refractivity contribution in [1.29, 1.82) is 0 Å². The molecule has 6 nitrogen and oxygen atoms in total. The highest BCUT2D eigenvalue weighted by molar-refractivity contribution is 9.10. The van der Waals surface area contributed by atoms with Crippen LogP contribution in [-0.2, 0) is 22.7 Å². The van der Waals surface area contributed by atoms with E-state index in [1.54, 1.807) is 0 Å². The van der Waals surface area contributed by atoms with E-state index < -0.39 is 0 Å². The van der Waals surface area contributed by atoms with Crippen molar-refractivity contribution in [2.75, 3.05) is 5.32 Å². The molecule has 1 aromatic heterocycles. The molecule has 0 radical (unpaired) electrons. The van der Waals surface area contributed by atoms with Gasteiger partial charge in [-0.1, -0.05) is 53.4 Å². The van der Waals surface area contributed by atoms with Gasteiger partial charge in [-0.15, -0.1) is 0 Å². The Balaban J connectivity index is 1.49. The molecule has 0 bridgehead atoms. The number of amides is 2. The fourth-order valence-corrected chi connectivity index (χ4v) is 4.42. The molecule has 7 heteroatoms. The third-order valence-electron chi connectivity index (χ3n) is 5.54. The maximum Gasteiger partial charge on any atom is 0.244 e. The lowest BCUT2D eigenvalue weighted by Gasteiger charge is -2.20. The molecule has 0 spiro atoms. The average molecular weight is 469 g/mol. The number of nitrogens with zero attached hydrogens (tertiary/aromatic N) is 2. The molecule has 3 aromatic rings. The van der Waals surface area contributed by atoms with Crippen molar-refractivity contribution < 1.29 is 9.59 Å². The Hall–Kier alpha value is -2.67. The zero-order valence-electron chi connectivity index (χ0n) is 16.7. The minimum Gasteiger partial charge on any atom is -0.349 e. The molecule has 4 rings (SSSR count). The number of rotatable bonds is 6. The van der Waals surface area contributed by atoms with E-state index in [2.05, 4.69) is 31.5 Å². The molecule has 1 fully saturated rings. The van der Waals surface area contributed by atoms with Gasteiger partial charge in [0.15, 0.2) is 0 Å². The summed E-state index contributed by atoms with van der Waals surface area (Å²) in [5, 5.41) is 5.96. The Morgan fingerprint density at radius 2 is 1.87 bits per heavy atom. The number of aromatic nitrogens is 2. The van der Waals surface area contributed by atoms with Crippen LogP contribution in [0.1, 0.15) is 37.9 Å². The number of carbonyl (C=O) groups is 2. The maximum atomic E-state index is 12.7. The van der Waals surface area contributed by atoms with Crippen LogP contribution >= 0.6 is 15.9 Å². The van der Waals surface area contributed by atoms with Crippen LogP contribution in [0.4, 0.5) is 5.69 Å². The average Bonchev–Trinajstić information content (AvgIpc) is 3.10. The minimum atomic E-state index is -0.142. The van der Waals surface area contributed by atoms with Gasteiger partial charge < -0.3 is 15.2 Å². The Bertz CT molecular complexity index is 1060. The molecule has 2 N–H and O–H groups in total. The minimum absolute atomic E-state index is 0.0897. The largest absolute Gasteiger partial charge is 0.349 e. The molecule has 1 aliphatic rings. The van der Waals surface area contributed by atoms with Crippen LogP contribution in [0.3, 0.4) is 0 Å². The van der Waals surface area contributed by atoms with Crippen molar-refractivity contribution in [3.63, 3.8) is 0 Å².